The van der Waals surface area contributed by atoms with Crippen molar-refractivity contribution in [2.75, 3.05) is 4.90 Å². The van der Waals surface area contributed by atoms with E-state index in [1.807, 2.05) is 42.5 Å². The van der Waals surface area contributed by atoms with Crippen molar-refractivity contribution in [2.24, 2.45) is 0 Å². The van der Waals surface area contributed by atoms with E-state index in [-0.39, 0.29) is 6.54 Å². The molecule has 1 aromatic heterocycles. The molecule has 0 aliphatic carbocycles. The van der Waals surface area contributed by atoms with E-state index in [1.54, 1.807) is 45.2 Å². The number of rotatable bonds is 6. The number of benzene rings is 2. The van der Waals surface area contributed by atoms with Crippen LogP contribution in [0.15, 0.2) is 66.9 Å². The van der Waals surface area contributed by atoms with E-state index in [0.29, 0.717) is 5.82 Å². The van der Waals surface area contributed by atoms with E-state index >= 15 is 0 Å². The van der Waals surface area contributed by atoms with Gasteiger partial charge in [0.15, 0.2) is 0 Å². The molecule has 1 heterocycles. The Labute approximate surface area is 175 Å². The predicted molar refractivity (Wildman–Crippen MR) is 115 cm³/mol. The smallest absolute Gasteiger partial charge is 0.375 e. The third-order valence-corrected chi connectivity index (χ3v) is 4.32. The number of hydrogen-bond donors (Lipinski definition) is 0. The van der Waals surface area contributed by atoms with Crippen molar-refractivity contribution in [1.29, 1.82) is 0 Å². The number of Topliss-reactive ketones (excluding diaryl/α,β-unsaturated/α-hetero) is 1. The van der Waals surface area contributed by atoms with E-state index in [0.717, 1.165) is 16.3 Å². The van der Waals surface area contributed by atoms with Gasteiger partial charge < -0.3 is 4.74 Å². The van der Waals surface area contributed by atoms with E-state index in [2.05, 4.69) is 4.98 Å². The number of ketones is 1. The first kappa shape index (κ1) is 21.2. The lowest BCUT2D eigenvalue weighted by atomic mass is 10.1. The van der Waals surface area contributed by atoms with Crippen LogP contribution < -0.4 is 4.90 Å². The molecule has 6 nitrogen and oxygen atoms in total. The van der Waals surface area contributed by atoms with Crippen LogP contribution in [0.5, 0.6) is 0 Å². The van der Waals surface area contributed by atoms with Crippen molar-refractivity contribution in [2.45, 2.75) is 39.3 Å². The van der Waals surface area contributed by atoms with Crippen molar-refractivity contribution < 1.29 is 19.1 Å². The lowest BCUT2D eigenvalue weighted by molar-refractivity contribution is -0.163. The Morgan fingerprint density at radius 3 is 2.30 bits per heavy atom. The number of pyridine rings is 1. The molecule has 0 bridgehead atoms. The summed E-state index contributed by atoms with van der Waals surface area (Å²) in [4.78, 5) is 42.9. The van der Waals surface area contributed by atoms with Gasteiger partial charge in [0.1, 0.15) is 11.4 Å². The van der Waals surface area contributed by atoms with Gasteiger partial charge in [-0.2, -0.15) is 0 Å². The molecular formula is C24H24N2O4. The molecule has 3 rings (SSSR count). The number of carbonyl (C=O) groups excluding carboxylic acids is 3. The summed E-state index contributed by atoms with van der Waals surface area (Å²) in [5, 5.41) is 2.14. The van der Waals surface area contributed by atoms with Gasteiger partial charge in [-0.1, -0.05) is 42.5 Å². The Balaban J connectivity index is 1.82. The topological polar surface area (TPSA) is 76.6 Å². The van der Waals surface area contributed by atoms with Gasteiger partial charge in [0.25, 0.3) is 0 Å². The van der Waals surface area contributed by atoms with Gasteiger partial charge in [0, 0.05) is 6.20 Å². The highest BCUT2D eigenvalue weighted by Gasteiger charge is 2.27. The second-order valence-electron chi connectivity index (χ2n) is 7.95. The van der Waals surface area contributed by atoms with Crippen LogP contribution in [0.25, 0.3) is 10.8 Å². The summed E-state index contributed by atoms with van der Waals surface area (Å²) in [6.45, 7) is 5.22. The number of anilines is 1. The molecule has 0 saturated carbocycles. The number of nitrogens with zero attached hydrogens (tertiary/aromatic N) is 2. The zero-order valence-electron chi connectivity index (χ0n) is 17.3. The average Bonchev–Trinajstić information content (AvgIpc) is 2.71. The Morgan fingerprint density at radius 1 is 0.933 bits per heavy atom. The molecule has 0 aliphatic heterocycles. The number of aromatic nitrogens is 1. The molecule has 0 fully saturated rings. The second-order valence-corrected chi connectivity index (χ2v) is 7.95. The zero-order valence-corrected chi connectivity index (χ0v) is 17.3. The largest absolute Gasteiger partial charge is 0.454 e. The van der Waals surface area contributed by atoms with Crippen molar-refractivity contribution in [3.63, 3.8) is 0 Å². The molecule has 0 unspecified atom stereocenters. The fourth-order valence-electron chi connectivity index (χ4n) is 2.97. The maximum Gasteiger partial charge on any atom is 0.375 e. The van der Waals surface area contributed by atoms with Crippen LogP contribution in [0, 0.1) is 0 Å². The summed E-state index contributed by atoms with van der Waals surface area (Å²) >= 11 is 0. The molecule has 0 N–H and O–H groups in total. The predicted octanol–water partition coefficient (Wildman–Crippen LogP) is 4.07. The lowest BCUT2D eigenvalue weighted by Crippen LogP contribution is -2.36. The van der Waals surface area contributed by atoms with Crippen molar-refractivity contribution in [3.05, 3.63) is 72.4 Å². The highest BCUT2D eigenvalue weighted by Crippen LogP contribution is 2.20. The third-order valence-electron chi connectivity index (χ3n) is 4.32. The SMILES string of the molecule is CC(C)(C)OC(=O)C(=O)CC(=O)N(Cc1ccc2ccccc2c1)c1ccccn1. The standard InChI is InChI=1S/C24H24N2O4/c1-24(2,3)30-23(29)20(27)15-22(28)26(21-10-6-7-13-25-21)16-17-11-12-18-8-4-5-9-19(18)14-17/h4-14H,15-16H2,1-3H3. The summed E-state index contributed by atoms with van der Waals surface area (Å²) in [5.74, 6) is -2.00. The number of carbonyl (C=O) groups is 3. The summed E-state index contributed by atoms with van der Waals surface area (Å²) in [7, 11) is 0. The fourth-order valence-corrected chi connectivity index (χ4v) is 2.97. The number of fused-ring (bicyclic) bond motifs is 1. The molecule has 3 aromatic rings. The normalized spacial score (nSPS) is 11.2. The van der Waals surface area contributed by atoms with Crippen LogP contribution >= 0.6 is 0 Å². The number of esters is 1. The Hall–Kier alpha value is -3.54. The van der Waals surface area contributed by atoms with E-state index in [1.165, 1.54) is 4.90 Å². The molecular weight excluding hydrogens is 380 g/mol. The molecule has 1 amide bonds. The minimum Gasteiger partial charge on any atom is -0.454 e. The van der Waals surface area contributed by atoms with Crippen LogP contribution in [-0.4, -0.2) is 28.2 Å². The molecule has 2 aromatic carbocycles. The number of hydrogen-bond acceptors (Lipinski definition) is 5. The van der Waals surface area contributed by atoms with Crippen molar-refractivity contribution in [1.82, 2.24) is 4.98 Å². The first-order valence-electron chi connectivity index (χ1n) is 9.68. The van der Waals surface area contributed by atoms with Gasteiger partial charge in [-0.15, -0.1) is 0 Å². The van der Waals surface area contributed by atoms with Gasteiger partial charge in [-0.3, -0.25) is 14.5 Å². The van der Waals surface area contributed by atoms with E-state index in [9.17, 15) is 14.4 Å². The Bertz CT molecular complexity index is 1070. The van der Waals surface area contributed by atoms with Crippen LogP contribution in [-0.2, 0) is 25.7 Å². The fraction of sp³-hybridized carbons (Fsp3) is 0.250. The van der Waals surface area contributed by atoms with Crippen molar-refractivity contribution in [3.8, 4) is 0 Å². The molecule has 0 saturated heterocycles. The molecule has 0 radical (unpaired) electrons. The van der Waals surface area contributed by atoms with Gasteiger partial charge in [-0.25, -0.2) is 9.78 Å². The van der Waals surface area contributed by atoms with E-state index < -0.39 is 29.7 Å². The highest BCUT2D eigenvalue weighted by molar-refractivity contribution is 6.37. The average molecular weight is 404 g/mol. The molecule has 154 valence electrons. The number of ether oxygens (including phenoxy) is 1. The van der Waals surface area contributed by atoms with Crippen LogP contribution in [0.3, 0.4) is 0 Å². The summed E-state index contributed by atoms with van der Waals surface area (Å²) in [6, 6.07) is 19.0. The third kappa shape index (κ3) is 5.50. The Kier molecular flexibility index (Phi) is 6.26. The van der Waals surface area contributed by atoms with Gasteiger partial charge in [0.2, 0.25) is 11.7 Å². The minimum absolute atomic E-state index is 0.224. The second kappa shape index (κ2) is 8.86. The quantitative estimate of drug-likeness (QED) is 0.352. The summed E-state index contributed by atoms with van der Waals surface area (Å²) in [6.07, 6.45) is 0.991. The lowest BCUT2D eigenvalue weighted by Gasteiger charge is -2.22. The Morgan fingerprint density at radius 2 is 1.63 bits per heavy atom. The first-order chi connectivity index (χ1) is 14.2. The summed E-state index contributed by atoms with van der Waals surface area (Å²) in [5.41, 5.74) is 0.0825. The van der Waals surface area contributed by atoms with Crippen LogP contribution in [0.4, 0.5) is 5.82 Å². The zero-order chi connectivity index (χ0) is 21.7. The molecule has 6 heteroatoms. The van der Waals surface area contributed by atoms with Gasteiger partial charge in [0.05, 0.1) is 13.0 Å². The molecule has 0 aliphatic rings. The molecule has 30 heavy (non-hydrogen) atoms. The van der Waals surface area contributed by atoms with Crippen LogP contribution in [0.2, 0.25) is 0 Å². The number of amides is 1. The maximum atomic E-state index is 12.9. The van der Waals surface area contributed by atoms with Gasteiger partial charge in [-0.05, 0) is 55.3 Å². The first-order valence-corrected chi connectivity index (χ1v) is 9.68. The summed E-state index contributed by atoms with van der Waals surface area (Å²) < 4.78 is 5.08. The monoisotopic (exact) mass is 404 g/mol. The maximum absolute atomic E-state index is 12.9. The highest BCUT2D eigenvalue weighted by atomic mass is 16.6. The van der Waals surface area contributed by atoms with Crippen molar-refractivity contribution >= 4 is 34.3 Å². The van der Waals surface area contributed by atoms with E-state index in [4.69, 9.17) is 4.74 Å². The molecule has 0 spiro atoms. The molecule has 0 atom stereocenters. The minimum atomic E-state index is -1.01. The van der Waals surface area contributed by atoms with Crippen LogP contribution in [0.1, 0.15) is 32.8 Å². The van der Waals surface area contributed by atoms with Gasteiger partial charge >= 0.3 is 5.97 Å².